The van der Waals surface area contributed by atoms with Gasteiger partial charge in [0.15, 0.2) is 0 Å². The van der Waals surface area contributed by atoms with E-state index >= 15 is 0 Å². The molecule has 1 aromatic heterocycles. The number of aryl methyl sites for hydroxylation is 1. The van der Waals surface area contributed by atoms with E-state index in [9.17, 15) is 13.2 Å². The second-order valence-corrected chi connectivity index (χ2v) is 6.74. The molecule has 112 valence electrons. The molecule has 2 rings (SSSR count). The van der Waals surface area contributed by atoms with Crippen molar-refractivity contribution in [2.45, 2.75) is 13.0 Å². The summed E-state index contributed by atoms with van der Waals surface area (Å²) in [7, 11) is -3.22. The van der Waals surface area contributed by atoms with Crippen LogP contribution < -0.4 is 5.32 Å². The zero-order valence-corrected chi connectivity index (χ0v) is 12.2. The number of carbonyl (C=O) groups is 1. The lowest BCUT2D eigenvalue weighted by atomic mass is 10.3. The van der Waals surface area contributed by atoms with Crippen molar-refractivity contribution in [1.82, 2.24) is 19.8 Å². The average Bonchev–Trinajstić information content (AvgIpc) is 2.82. The molecule has 1 aromatic rings. The van der Waals surface area contributed by atoms with Crippen molar-refractivity contribution in [3.8, 4) is 0 Å². The van der Waals surface area contributed by atoms with Gasteiger partial charge in [-0.25, -0.2) is 8.42 Å². The largest absolute Gasteiger partial charge is 0.374 e. The van der Waals surface area contributed by atoms with E-state index in [1.54, 1.807) is 13.0 Å². The zero-order valence-electron chi connectivity index (χ0n) is 11.4. The van der Waals surface area contributed by atoms with Crippen LogP contribution in [0, 0.1) is 6.92 Å². The fourth-order valence-corrected chi connectivity index (χ4v) is 2.79. The van der Waals surface area contributed by atoms with E-state index in [1.165, 1.54) is 10.6 Å². The van der Waals surface area contributed by atoms with Gasteiger partial charge in [0.05, 0.1) is 19.0 Å². The number of nitrogens with zero attached hydrogens (tertiary/aromatic N) is 2. The molecule has 0 saturated carbocycles. The van der Waals surface area contributed by atoms with Crippen LogP contribution in [0.25, 0.3) is 0 Å². The Balaban J connectivity index is 1.86. The molecular weight excluding hydrogens is 284 g/mol. The highest BCUT2D eigenvalue weighted by Crippen LogP contribution is 2.08. The molecule has 2 N–H and O–H groups in total. The van der Waals surface area contributed by atoms with Gasteiger partial charge in [0, 0.05) is 25.3 Å². The number of aromatic amines is 1. The second kappa shape index (κ2) is 5.90. The number of carbonyl (C=O) groups excluding carboxylic acids is 1. The average molecular weight is 302 g/mol. The molecule has 8 nitrogen and oxygen atoms in total. The Morgan fingerprint density at radius 3 is 3.00 bits per heavy atom. The maximum absolute atomic E-state index is 11.8. The maximum atomic E-state index is 11.8. The summed E-state index contributed by atoms with van der Waals surface area (Å²) in [6, 6.07) is 1.64. The van der Waals surface area contributed by atoms with E-state index in [4.69, 9.17) is 4.74 Å². The van der Waals surface area contributed by atoms with Crippen molar-refractivity contribution in [3.63, 3.8) is 0 Å². The molecule has 1 aliphatic heterocycles. The van der Waals surface area contributed by atoms with Crippen LogP contribution in [0.15, 0.2) is 6.07 Å². The van der Waals surface area contributed by atoms with E-state index in [0.29, 0.717) is 18.8 Å². The van der Waals surface area contributed by atoms with Crippen molar-refractivity contribution < 1.29 is 17.9 Å². The molecule has 0 spiro atoms. The van der Waals surface area contributed by atoms with Crippen molar-refractivity contribution in [2.75, 3.05) is 32.5 Å². The number of ether oxygens (including phenoxy) is 1. The first-order valence-electron chi connectivity index (χ1n) is 6.23. The molecule has 9 heteroatoms. The Hall–Kier alpha value is -1.45. The van der Waals surface area contributed by atoms with Crippen LogP contribution in [-0.4, -0.2) is 67.4 Å². The van der Waals surface area contributed by atoms with E-state index in [2.05, 4.69) is 15.5 Å². The lowest BCUT2D eigenvalue weighted by molar-refractivity contribution is 0.000412. The highest BCUT2D eigenvalue weighted by molar-refractivity contribution is 7.88. The molecule has 0 aliphatic carbocycles. The molecule has 1 aliphatic rings. The minimum atomic E-state index is -3.22. The minimum absolute atomic E-state index is 0.247. The third-order valence-corrected chi connectivity index (χ3v) is 4.27. The van der Waals surface area contributed by atoms with E-state index in [-0.39, 0.29) is 25.1 Å². The number of morpholine rings is 1. The third kappa shape index (κ3) is 3.78. The number of H-pyrrole nitrogens is 1. The molecule has 1 atom stereocenters. The van der Waals surface area contributed by atoms with Crippen LogP contribution in [-0.2, 0) is 14.8 Å². The summed E-state index contributed by atoms with van der Waals surface area (Å²) < 4.78 is 29.7. The number of hydrogen-bond donors (Lipinski definition) is 2. The van der Waals surface area contributed by atoms with E-state index in [1.807, 2.05) is 0 Å². The van der Waals surface area contributed by atoms with Crippen LogP contribution in [0.5, 0.6) is 0 Å². The number of nitrogens with one attached hydrogen (secondary N) is 2. The van der Waals surface area contributed by atoms with E-state index < -0.39 is 10.0 Å². The Labute approximate surface area is 117 Å². The van der Waals surface area contributed by atoms with Gasteiger partial charge >= 0.3 is 0 Å². The second-order valence-electron chi connectivity index (χ2n) is 4.76. The minimum Gasteiger partial charge on any atom is -0.374 e. The fourth-order valence-electron chi connectivity index (χ4n) is 1.95. The third-order valence-electron chi connectivity index (χ3n) is 3.00. The quantitative estimate of drug-likeness (QED) is 0.750. The molecule has 20 heavy (non-hydrogen) atoms. The van der Waals surface area contributed by atoms with Crippen molar-refractivity contribution in [3.05, 3.63) is 17.5 Å². The van der Waals surface area contributed by atoms with Gasteiger partial charge in [-0.2, -0.15) is 9.40 Å². The van der Waals surface area contributed by atoms with Crippen LogP contribution >= 0.6 is 0 Å². The Bertz CT molecular complexity index is 583. The summed E-state index contributed by atoms with van der Waals surface area (Å²) in [4.78, 5) is 11.8. The molecule has 1 fully saturated rings. The Morgan fingerprint density at radius 2 is 2.40 bits per heavy atom. The van der Waals surface area contributed by atoms with Gasteiger partial charge in [0.2, 0.25) is 10.0 Å². The Morgan fingerprint density at radius 1 is 1.65 bits per heavy atom. The maximum Gasteiger partial charge on any atom is 0.271 e. The number of rotatable bonds is 4. The Kier molecular flexibility index (Phi) is 4.41. The van der Waals surface area contributed by atoms with Gasteiger partial charge in [-0.15, -0.1) is 0 Å². The first-order chi connectivity index (χ1) is 9.36. The standard InChI is InChI=1S/C11H18N4O4S/c1-8-5-10(14-13-8)11(16)12-6-9-7-15(3-4-19-9)20(2,17)18/h5,9H,3-4,6-7H2,1-2H3,(H,12,16)(H,13,14). The summed E-state index contributed by atoms with van der Waals surface area (Å²) in [5, 5.41) is 9.22. The van der Waals surface area contributed by atoms with Gasteiger partial charge in [0.1, 0.15) is 5.69 Å². The van der Waals surface area contributed by atoms with E-state index in [0.717, 1.165) is 5.69 Å². The van der Waals surface area contributed by atoms with Gasteiger partial charge in [-0.3, -0.25) is 9.89 Å². The van der Waals surface area contributed by atoms with Crippen LogP contribution in [0.1, 0.15) is 16.2 Å². The molecular formula is C11H18N4O4S. The monoisotopic (exact) mass is 302 g/mol. The lowest BCUT2D eigenvalue weighted by Gasteiger charge is -2.31. The topological polar surface area (TPSA) is 104 Å². The molecule has 2 heterocycles. The summed E-state index contributed by atoms with van der Waals surface area (Å²) in [6.07, 6.45) is 0.822. The zero-order chi connectivity index (χ0) is 14.8. The number of hydrogen-bond acceptors (Lipinski definition) is 5. The smallest absolute Gasteiger partial charge is 0.271 e. The fraction of sp³-hybridized carbons (Fsp3) is 0.636. The predicted octanol–water partition coefficient (Wildman–Crippen LogP) is -0.892. The molecule has 0 radical (unpaired) electrons. The van der Waals surface area contributed by atoms with Gasteiger partial charge in [-0.05, 0) is 13.0 Å². The SMILES string of the molecule is Cc1cc(C(=O)NCC2CN(S(C)(=O)=O)CCO2)n[nH]1. The van der Waals surface area contributed by atoms with Crippen molar-refractivity contribution in [1.29, 1.82) is 0 Å². The number of aromatic nitrogens is 2. The number of amides is 1. The van der Waals surface area contributed by atoms with Gasteiger partial charge in [0.25, 0.3) is 5.91 Å². The molecule has 1 unspecified atom stereocenters. The molecule has 0 bridgehead atoms. The summed E-state index contributed by atoms with van der Waals surface area (Å²) in [6.45, 7) is 2.98. The van der Waals surface area contributed by atoms with Gasteiger partial charge in [-0.1, -0.05) is 0 Å². The first kappa shape index (κ1) is 14.9. The van der Waals surface area contributed by atoms with Crippen LogP contribution in [0.4, 0.5) is 0 Å². The molecule has 1 saturated heterocycles. The summed E-state index contributed by atoms with van der Waals surface area (Å²) in [5.74, 6) is -0.311. The van der Waals surface area contributed by atoms with Gasteiger partial charge < -0.3 is 10.1 Å². The predicted molar refractivity (Wildman–Crippen MR) is 71.8 cm³/mol. The summed E-state index contributed by atoms with van der Waals surface area (Å²) in [5.41, 5.74) is 1.10. The molecule has 0 aromatic carbocycles. The van der Waals surface area contributed by atoms with Crippen LogP contribution in [0.2, 0.25) is 0 Å². The summed E-state index contributed by atoms with van der Waals surface area (Å²) >= 11 is 0. The normalized spacial score (nSPS) is 20.8. The van der Waals surface area contributed by atoms with Crippen LogP contribution in [0.3, 0.4) is 0 Å². The molecule has 1 amide bonds. The first-order valence-corrected chi connectivity index (χ1v) is 8.08. The van der Waals surface area contributed by atoms with Crippen molar-refractivity contribution >= 4 is 15.9 Å². The highest BCUT2D eigenvalue weighted by atomic mass is 32.2. The number of sulfonamides is 1. The lowest BCUT2D eigenvalue weighted by Crippen LogP contribution is -2.49. The highest BCUT2D eigenvalue weighted by Gasteiger charge is 2.26. The van der Waals surface area contributed by atoms with Crippen molar-refractivity contribution in [2.24, 2.45) is 0 Å².